The lowest BCUT2D eigenvalue weighted by atomic mass is 10.0. The second-order valence-corrected chi connectivity index (χ2v) is 4.63. The van der Waals surface area contributed by atoms with E-state index in [1.165, 1.54) is 0 Å². The van der Waals surface area contributed by atoms with Crippen LogP contribution in [-0.2, 0) is 0 Å². The van der Waals surface area contributed by atoms with Crippen molar-refractivity contribution < 1.29 is 4.79 Å². The fourth-order valence-electron chi connectivity index (χ4n) is 1.96. The number of carbonyl (C=O) groups is 1. The molecule has 0 aromatic heterocycles. The van der Waals surface area contributed by atoms with E-state index in [4.69, 9.17) is 5.73 Å². The van der Waals surface area contributed by atoms with Gasteiger partial charge in [-0.15, -0.1) is 0 Å². The Hall–Kier alpha value is -2.29. The van der Waals surface area contributed by atoms with Crippen molar-refractivity contribution in [2.24, 2.45) is 0 Å². The SMILES string of the molecule is CC(CC(=O)c1ccccc1)Nc1ccccc1N. The van der Waals surface area contributed by atoms with Crippen LogP contribution < -0.4 is 11.1 Å². The van der Waals surface area contributed by atoms with E-state index in [1.807, 2.05) is 61.5 Å². The molecule has 0 saturated heterocycles. The molecule has 0 radical (unpaired) electrons. The third kappa shape index (κ3) is 3.58. The van der Waals surface area contributed by atoms with Gasteiger partial charge in [-0.05, 0) is 19.1 Å². The summed E-state index contributed by atoms with van der Waals surface area (Å²) in [5.41, 5.74) is 8.18. The summed E-state index contributed by atoms with van der Waals surface area (Å²) in [6.07, 6.45) is 0.443. The van der Waals surface area contributed by atoms with E-state index in [0.29, 0.717) is 12.1 Å². The number of para-hydroxylation sites is 2. The Labute approximate surface area is 113 Å². The van der Waals surface area contributed by atoms with E-state index in [2.05, 4.69) is 5.32 Å². The predicted octanol–water partition coefficient (Wildman–Crippen LogP) is 3.34. The zero-order valence-corrected chi connectivity index (χ0v) is 11.0. The minimum Gasteiger partial charge on any atom is -0.397 e. The molecule has 1 atom stereocenters. The van der Waals surface area contributed by atoms with Gasteiger partial charge >= 0.3 is 0 Å². The van der Waals surface area contributed by atoms with Gasteiger partial charge in [0.1, 0.15) is 0 Å². The number of benzene rings is 2. The Bertz CT molecular complexity index is 552. The lowest BCUT2D eigenvalue weighted by Crippen LogP contribution is -2.20. The van der Waals surface area contributed by atoms with Crippen molar-refractivity contribution in [3.05, 3.63) is 60.2 Å². The third-order valence-electron chi connectivity index (χ3n) is 2.95. The van der Waals surface area contributed by atoms with Crippen molar-refractivity contribution in [3.63, 3.8) is 0 Å². The standard InChI is InChI=1S/C16H18N2O/c1-12(18-15-10-6-5-9-14(15)17)11-16(19)13-7-3-2-4-8-13/h2-10,12,18H,11,17H2,1H3. The number of rotatable bonds is 5. The summed E-state index contributed by atoms with van der Waals surface area (Å²) in [4.78, 5) is 12.1. The summed E-state index contributed by atoms with van der Waals surface area (Å²) in [6.45, 7) is 1.98. The van der Waals surface area contributed by atoms with Crippen molar-refractivity contribution in [1.29, 1.82) is 0 Å². The van der Waals surface area contributed by atoms with Crippen LogP contribution in [0.3, 0.4) is 0 Å². The molecule has 0 bridgehead atoms. The van der Waals surface area contributed by atoms with Gasteiger partial charge < -0.3 is 11.1 Å². The van der Waals surface area contributed by atoms with E-state index in [9.17, 15) is 4.79 Å². The Balaban J connectivity index is 1.97. The fourth-order valence-corrected chi connectivity index (χ4v) is 1.96. The van der Waals surface area contributed by atoms with Crippen LogP contribution >= 0.6 is 0 Å². The number of hydrogen-bond acceptors (Lipinski definition) is 3. The summed E-state index contributed by atoms with van der Waals surface area (Å²) in [7, 11) is 0. The van der Waals surface area contributed by atoms with Crippen LogP contribution in [-0.4, -0.2) is 11.8 Å². The van der Waals surface area contributed by atoms with Gasteiger partial charge in [-0.2, -0.15) is 0 Å². The number of nitrogens with two attached hydrogens (primary N) is 1. The Morgan fingerprint density at radius 1 is 1.11 bits per heavy atom. The molecule has 2 aromatic rings. The molecule has 0 heterocycles. The molecule has 1 unspecified atom stereocenters. The molecular weight excluding hydrogens is 236 g/mol. The number of Topliss-reactive ketones (excluding diaryl/α,β-unsaturated/α-hetero) is 1. The van der Waals surface area contributed by atoms with E-state index >= 15 is 0 Å². The Morgan fingerprint density at radius 3 is 2.42 bits per heavy atom. The van der Waals surface area contributed by atoms with Crippen LogP contribution in [0.15, 0.2) is 54.6 Å². The van der Waals surface area contributed by atoms with E-state index in [-0.39, 0.29) is 11.8 Å². The largest absolute Gasteiger partial charge is 0.397 e. The van der Waals surface area contributed by atoms with Gasteiger partial charge in [0.2, 0.25) is 0 Å². The average molecular weight is 254 g/mol. The predicted molar refractivity (Wildman–Crippen MR) is 79.3 cm³/mol. The molecule has 3 nitrogen and oxygen atoms in total. The van der Waals surface area contributed by atoms with Gasteiger partial charge in [0.15, 0.2) is 5.78 Å². The molecule has 3 heteroatoms. The lowest BCUT2D eigenvalue weighted by molar-refractivity contribution is 0.0978. The topological polar surface area (TPSA) is 55.1 Å². The highest BCUT2D eigenvalue weighted by atomic mass is 16.1. The van der Waals surface area contributed by atoms with Gasteiger partial charge in [-0.1, -0.05) is 42.5 Å². The first kappa shape index (κ1) is 13.1. The number of nitrogens with one attached hydrogen (secondary N) is 1. The molecule has 0 spiro atoms. The highest BCUT2D eigenvalue weighted by Crippen LogP contribution is 2.19. The van der Waals surface area contributed by atoms with Crippen LogP contribution in [0.2, 0.25) is 0 Å². The van der Waals surface area contributed by atoms with Crippen molar-refractivity contribution in [1.82, 2.24) is 0 Å². The minimum atomic E-state index is 0.0393. The summed E-state index contributed by atoms with van der Waals surface area (Å²) >= 11 is 0. The maximum absolute atomic E-state index is 12.1. The number of anilines is 2. The molecule has 3 N–H and O–H groups in total. The van der Waals surface area contributed by atoms with Crippen molar-refractivity contribution in [3.8, 4) is 0 Å². The second kappa shape index (κ2) is 6.05. The highest BCUT2D eigenvalue weighted by molar-refractivity contribution is 5.96. The number of nitrogen functional groups attached to an aromatic ring is 1. The quantitative estimate of drug-likeness (QED) is 0.635. The fraction of sp³-hybridized carbons (Fsp3) is 0.188. The first-order valence-corrected chi connectivity index (χ1v) is 6.36. The maximum atomic E-state index is 12.1. The van der Waals surface area contributed by atoms with Crippen LogP contribution in [0.4, 0.5) is 11.4 Å². The molecule has 0 amide bonds. The lowest BCUT2D eigenvalue weighted by Gasteiger charge is -2.16. The normalized spacial score (nSPS) is 11.8. The minimum absolute atomic E-state index is 0.0393. The summed E-state index contributed by atoms with van der Waals surface area (Å²) < 4.78 is 0. The van der Waals surface area contributed by atoms with Crippen molar-refractivity contribution >= 4 is 17.2 Å². The summed E-state index contributed by atoms with van der Waals surface area (Å²) in [5, 5.41) is 3.26. The number of carbonyl (C=O) groups excluding carboxylic acids is 1. The average Bonchev–Trinajstić information content (AvgIpc) is 2.42. The van der Waals surface area contributed by atoms with Gasteiger partial charge in [0.05, 0.1) is 11.4 Å². The van der Waals surface area contributed by atoms with E-state index in [0.717, 1.165) is 11.3 Å². The zero-order valence-electron chi connectivity index (χ0n) is 11.0. The number of hydrogen-bond donors (Lipinski definition) is 2. The van der Waals surface area contributed by atoms with Gasteiger partial charge in [-0.25, -0.2) is 0 Å². The first-order valence-electron chi connectivity index (χ1n) is 6.36. The third-order valence-corrected chi connectivity index (χ3v) is 2.95. The molecule has 98 valence electrons. The summed E-state index contributed by atoms with van der Waals surface area (Å²) in [5.74, 6) is 0.134. The molecular formula is C16H18N2O. The first-order chi connectivity index (χ1) is 9.16. The smallest absolute Gasteiger partial charge is 0.164 e. The van der Waals surface area contributed by atoms with Crippen LogP contribution in [0.25, 0.3) is 0 Å². The molecule has 0 fully saturated rings. The molecule has 0 aliphatic rings. The molecule has 2 aromatic carbocycles. The van der Waals surface area contributed by atoms with Crippen LogP contribution in [0.5, 0.6) is 0 Å². The highest BCUT2D eigenvalue weighted by Gasteiger charge is 2.11. The second-order valence-electron chi connectivity index (χ2n) is 4.63. The van der Waals surface area contributed by atoms with Gasteiger partial charge in [0.25, 0.3) is 0 Å². The van der Waals surface area contributed by atoms with Crippen LogP contribution in [0.1, 0.15) is 23.7 Å². The molecule has 2 rings (SSSR count). The van der Waals surface area contributed by atoms with E-state index in [1.54, 1.807) is 0 Å². The number of ketones is 1. The zero-order chi connectivity index (χ0) is 13.7. The summed E-state index contributed by atoms with van der Waals surface area (Å²) in [6, 6.07) is 16.9. The van der Waals surface area contributed by atoms with Crippen molar-refractivity contribution in [2.45, 2.75) is 19.4 Å². The van der Waals surface area contributed by atoms with Crippen molar-refractivity contribution in [2.75, 3.05) is 11.1 Å². The van der Waals surface area contributed by atoms with Crippen LogP contribution in [0, 0.1) is 0 Å². The molecule has 0 aliphatic carbocycles. The van der Waals surface area contributed by atoms with Gasteiger partial charge in [0, 0.05) is 18.0 Å². The Kier molecular flexibility index (Phi) is 4.18. The Morgan fingerprint density at radius 2 is 1.74 bits per heavy atom. The maximum Gasteiger partial charge on any atom is 0.164 e. The molecule has 0 aliphatic heterocycles. The van der Waals surface area contributed by atoms with Gasteiger partial charge in [-0.3, -0.25) is 4.79 Å². The molecule has 0 saturated carbocycles. The molecule has 19 heavy (non-hydrogen) atoms. The van der Waals surface area contributed by atoms with E-state index < -0.39 is 0 Å². The monoisotopic (exact) mass is 254 g/mol.